The lowest BCUT2D eigenvalue weighted by molar-refractivity contribution is 0.247. The van der Waals surface area contributed by atoms with Crippen LogP contribution in [-0.4, -0.2) is 30.4 Å². The highest BCUT2D eigenvalue weighted by molar-refractivity contribution is 7.89. The maximum atomic E-state index is 13.5. The molecule has 1 saturated heterocycles. The number of aromatic nitrogens is 1. The quantitative estimate of drug-likeness (QED) is 0.662. The highest BCUT2D eigenvalue weighted by Crippen LogP contribution is 2.44. The van der Waals surface area contributed by atoms with Gasteiger partial charge in [0.1, 0.15) is 0 Å². The maximum Gasteiger partial charge on any atom is 0.243 e. The van der Waals surface area contributed by atoms with Crippen LogP contribution in [0.15, 0.2) is 59.6 Å². The van der Waals surface area contributed by atoms with Crippen molar-refractivity contribution in [2.24, 2.45) is 0 Å². The van der Waals surface area contributed by atoms with Crippen LogP contribution in [0.2, 0.25) is 0 Å². The molecule has 0 amide bonds. The molecule has 5 nitrogen and oxygen atoms in total. The van der Waals surface area contributed by atoms with Crippen LogP contribution in [0, 0.1) is 20.8 Å². The molecular weight excluding hydrogens is 394 g/mol. The lowest BCUT2D eigenvalue weighted by atomic mass is 9.83. The van der Waals surface area contributed by atoms with E-state index in [1.165, 1.54) is 5.69 Å². The maximum absolute atomic E-state index is 13.5. The van der Waals surface area contributed by atoms with Gasteiger partial charge < -0.3 is 9.88 Å². The van der Waals surface area contributed by atoms with Crippen LogP contribution in [0.4, 0.5) is 5.69 Å². The average molecular weight is 422 g/mol. The van der Waals surface area contributed by atoms with E-state index in [1.807, 2.05) is 45.0 Å². The van der Waals surface area contributed by atoms with E-state index < -0.39 is 10.0 Å². The van der Waals surface area contributed by atoms with Gasteiger partial charge in [-0.05, 0) is 69.0 Å². The van der Waals surface area contributed by atoms with E-state index >= 15 is 0 Å². The number of sulfonamides is 1. The van der Waals surface area contributed by atoms with Gasteiger partial charge >= 0.3 is 0 Å². The van der Waals surface area contributed by atoms with E-state index in [9.17, 15) is 8.42 Å². The van der Waals surface area contributed by atoms with Gasteiger partial charge in [0.2, 0.25) is 10.0 Å². The van der Waals surface area contributed by atoms with E-state index in [4.69, 9.17) is 0 Å². The highest BCUT2D eigenvalue weighted by Gasteiger charge is 2.44. The van der Waals surface area contributed by atoms with Crippen molar-refractivity contribution in [2.45, 2.75) is 44.0 Å². The van der Waals surface area contributed by atoms with Gasteiger partial charge in [-0.3, -0.25) is 0 Å². The third-order valence-corrected chi connectivity index (χ3v) is 8.76. The van der Waals surface area contributed by atoms with Crippen LogP contribution in [0.5, 0.6) is 0 Å². The Balaban J connectivity index is 1.47. The molecule has 1 aromatic heterocycles. The normalized spacial score (nSPS) is 18.0. The van der Waals surface area contributed by atoms with Gasteiger partial charge in [0.05, 0.1) is 21.8 Å². The average Bonchev–Trinajstić information content (AvgIpc) is 3.19. The molecule has 0 bridgehead atoms. The van der Waals surface area contributed by atoms with Crippen LogP contribution >= 0.6 is 0 Å². The van der Waals surface area contributed by atoms with Gasteiger partial charge in [-0.1, -0.05) is 29.8 Å². The standard InChI is InChI=1S/C24H27N3O2S/c1-17-15-18(2)23(19(3)16-17)30(28,29)26-13-10-24(11-14-26)22-9-6-12-27(22)21-8-5-4-7-20(21)25-24/h4-9,12,15-16,25H,10-11,13-14H2,1-3H3. The van der Waals surface area contributed by atoms with Gasteiger partial charge in [-0.25, -0.2) is 8.42 Å². The summed E-state index contributed by atoms with van der Waals surface area (Å²) in [5.74, 6) is 0. The first kappa shape index (κ1) is 19.4. The number of nitrogens with zero attached hydrogens (tertiary/aromatic N) is 2. The van der Waals surface area contributed by atoms with Crippen molar-refractivity contribution < 1.29 is 8.42 Å². The van der Waals surface area contributed by atoms with E-state index in [2.05, 4.69) is 40.3 Å². The molecule has 2 aromatic carbocycles. The Kier molecular flexibility index (Phi) is 4.35. The number of hydrogen-bond donors (Lipinski definition) is 1. The number of rotatable bonds is 2. The van der Waals surface area contributed by atoms with E-state index in [-0.39, 0.29) is 5.54 Å². The Hall–Kier alpha value is -2.57. The molecule has 2 aliphatic rings. The van der Waals surface area contributed by atoms with Crippen LogP contribution in [0.3, 0.4) is 0 Å². The largest absolute Gasteiger partial charge is 0.372 e. The Morgan fingerprint density at radius 2 is 1.60 bits per heavy atom. The number of nitrogens with one attached hydrogen (secondary N) is 1. The summed E-state index contributed by atoms with van der Waals surface area (Å²) in [6, 6.07) is 16.4. The van der Waals surface area contributed by atoms with Crippen LogP contribution < -0.4 is 5.32 Å². The molecule has 1 spiro atoms. The number of piperidine rings is 1. The monoisotopic (exact) mass is 421 g/mol. The number of benzene rings is 2. The zero-order valence-corrected chi connectivity index (χ0v) is 18.5. The van der Waals surface area contributed by atoms with Crippen molar-refractivity contribution in [3.05, 3.63) is 77.1 Å². The van der Waals surface area contributed by atoms with Crippen molar-refractivity contribution in [1.82, 2.24) is 8.87 Å². The molecule has 2 aliphatic heterocycles. The van der Waals surface area contributed by atoms with Crippen molar-refractivity contribution >= 4 is 15.7 Å². The fourth-order valence-electron chi connectivity index (χ4n) is 5.28. The molecule has 1 N–H and O–H groups in total. The second-order valence-corrected chi connectivity index (χ2v) is 10.5. The molecule has 3 heterocycles. The summed E-state index contributed by atoms with van der Waals surface area (Å²) in [6.45, 7) is 6.78. The molecule has 0 radical (unpaired) electrons. The van der Waals surface area contributed by atoms with Gasteiger partial charge in [-0.2, -0.15) is 4.31 Å². The number of aryl methyl sites for hydroxylation is 3. The Bertz CT molecular complexity index is 1210. The zero-order valence-electron chi connectivity index (χ0n) is 17.6. The Labute approximate surface area is 178 Å². The molecule has 6 heteroatoms. The third-order valence-electron chi connectivity index (χ3n) is 6.56. The van der Waals surface area contributed by atoms with Crippen LogP contribution in [-0.2, 0) is 15.6 Å². The summed E-state index contributed by atoms with van der Waals surface area (Å²) in [4.78, 5) is 0.467. The second kappa shape index (κ2) is 6.72. The Morgan fingerprint density at radius 1 is 0.933 bits per heavy atom. The summed E-state index contributed by atoms with van der Waals surface area (Å²) < 4.78 is 30.9. The first-order valence-electron chi connectivity index (χ1n) is 10.5. The van der Waals surface area contributed by atoms with Crippen molar-refractivity contribution in [2.75, 3.05) is 18.4 Å². The Morgan fingerprint density at radius 3 is 2.30 bits per heavy atom. The molecule has 0 unspecified atom stereocenters. The minimum Gasteiger partial charge on any atom is -0.372 e. The number of para-hydroxylation sites is 2. The fourth-order valence-corrected chi connectivity index (χ4v) is 7.14. The van der Waals surface area contributed by atoms with Gasteiger partial charge in [0, 0.05) is 25.0 Å². The predicted octanol–water partition coefficient (Wildman–Crippen LogP) is 4.51. The first-order chi connectivity index (χ1) is 14.3. The number of hydrogen-bond acceptors (Lipinski definition) is 3. The lowest BCUT2D eigenvalue weighted by Gasteiger charge is -2.46. The molecule has 5 rings (SSSR count). The predicted molar refractivity (Wildman–Crippen MR) is 120 cm³/mol. The summed E-state index contributed by atoms with van der Waals surface area (Å²) >= 11 is 0. The zero-order chi connectivity index (χ0) is 21.1. The number of fused-ring (bicyclic) bond motifs is 4. The smallest absolute Gasteiger partial charge is 0.243 e. The molecule has 0 atom stereocenters. The second-order valence-electron chi connectivity index (χ2n) is 8.62. The van der Waals surface area contributed by atoms with E-state index in [0.29, 0.717) is 18.0 Å². The minimum absolute atomic E-state index is 0.249. The van der Waals surface area contributed by atoms with Crippen molar-refractivity contribution in [3.63, 3.8) is 0 Å². The van der Waals surface area contributed by atoms with E-state index in [0.717, 1.165) is 40.9 Å². The van der Waals surface area contributed by atoms with Crippen molar-refractivity contribution in [3.8, 4) is 5.69 Å². The first-order valence-corrected chi connectivity index (χ1v) is 11.9. The minimum atomic E-state index is -3.52. The molecule has 3 aromatic rings. The van der Waals surface area contributed by atoms with Crippen molar-refractivity contribution in [1.29, 1.82) is 0 Å². The fraction of sp³-hybridized carbons (Fsp3) is 0.333. The summed E-state index contributed by atoms with van der Waals surface area (Å²) in [6.07, 6.45) is 3.56. The molecule has 156 valence electrons. The number of anilines is 1. The summed E-state index contributed by atoms with van der Waals surface area (Å²) in [5, 5.41) is 3.75. The topological polar surface area (TPSA) is 54.3 Å². The SMILES string of the molecule is Cc1cc(C)c(S(=O)(=O)N2CCC3(CC2)Nc2ccccc2-n2cccc23)c(C)c1. The van der Waals surface area contributed by atoms with E-state index in [1.54, 1.807) is 4.31 Å². The molecular formula is C24H27N3O2S. The molecule has 0 aliphatic carbocycles. The lowest BCUT2D eigenvalue weighted by Crippen LogP contribution is -2.51. The third kappa shape index (κ3) is 2.81. The summed E-state index contributed by atoms with van der Waals surface area (Å²) in [5.41, 5.74) is 5.94. The van der Waals surface area contributed by atoms with Crippen LogP contribution in [0.1, 0.15) is 35.2 Å². The van der Waals surface area contributed by atoms with Gasteiger partial charge in [0.15, 0.2) is 0 Å². The molecule has 0 saturated carbocycles. The molecule has 1 fully saturated rings. The van der Waals surface area contributed by atoms with Crippen LogP contribution in [0.25, 0.3) is 5.69 Å². The highest BCUT2D eigenvalue weighted by atomic mass is 32.2. The summed E-state index contributed by atoms with van der Waals surface area (Å²) in [7, 11) is -3.52. The van der Waals surface area contributed by atoms with Gasteiger partial charge in [-0.15, -0.1) is 0 Å². The van der Waals surface area contributed by atoms with Gasteiger partial charge in [0.25, 0.3) is 0 Å². The molecule has 30 heavy (non-hydrogen) atoms.